The molecular formula is C61H118O6. The fourth-order valence-electron chi connectivity index (χ4n) is 9.37. The molecule has 0 bridgehead atoms. The minimum atomic E-state index is -0.762. The summed E-state index contributed by atoms with van der Waals surface area (Å²) in [7, 11) is 0. The maximum Gasteiger partial charge on any atom is 0.306 e. The van der Waals surface area contributed by atoms with E-state index in [4.69, 9.17) is 14.2 Å². The van der Waals surface area contributed by atoms with Gasteiger partial charge in [-0.2, -0.15) is 0 Å². The fraction of sp³-hybridized carbons (Fsp3) is 0.951. The highest BCUT2D eigenvalue weighted by atomic mass is 16.6. The van der Waals surface area contributed by atoms with E-state index in [1.165, 1.54) is 231 Å². The first kappa shape index (κ1) is 65.4. The summed E-state index contributed by atoms with van der Waals surface area (Å²) in [5.41, 5.74) is 0. The first-order valence-corrected chi connectivity index (χ1v) is 30.3. The summed E-state index contributed by atoms with van der Waals surface area (Å²) in [6, 6.07) is 0. The van der Waals surface area contributed by atoms with Gasteiger partial charge in [-0.15, -0.1) is 0 Å². The normalized spacial score (nSPS) is 12.4. The Kier molecular flexibility index (Phi) is 52.5. The van der Waals surface area contributed by atoms with Crippen LogP contribution in [0.5, 0.6) is 0 Å². The van der Waals surface area contributed by atoms with Crippen LogP contribution in [-0.2, 0) is 28.6 Å². The van der Waals surface area contributed by atoms with Gasteiger partial charge >= 0.3 is 17.9 Å². The van der Waals surface area contributed by atoms with Crippen molar-refractivity contribution in [3.63, 3.8) is 0 Å². The van der Waals surface area contributed by atoms with Crippen LogP contribution in [0.25, 0.3) is 0 Å². The van der Waals surface area contributed by atoms with Crippen LogP contribution >= 0.6 is 0 Å². The third-order valence-electron chi connectivity index (χ3n) is 14.3. The lowest BCUT2D eigenvalue weighted by Crippen LogP contribution is -2.30. The molecule has 0 aliphatic rings. The average Bonchev–Trinajstić information content (AvgIpc) is 3.31. The van der Waals surface area contributed by atoms with Crippen LogP contribution in [-0.4, -0.2) is 37.2 Å². The molecule has 0 saturated heterocycles. The van der Waals surface area contributed by atoms with Gasteiger partial charge in [-0.25, -0.2) is 0 Å². The Morgan fingerprint density at radius 2 is 0.567 bits per heavy atom. The number of hydrogen-bond donors (Lipinski definition) is 0. The Morgan fingerprint density at radius 3 is 0.851 bits per heavy atom. The predicted molar refractivity (Wildman–Crippen MR) is 289 cm³/mol. The first-order valence-electron chi connectivity index (χ1n) is 30.3. The Morgan fingerprint density at radius 1 is 0.313 bits per heavy atom. The summed E-state index contributed by atoms with van der Waals surface area (Å²) in [4.78, 5) is 38.2. The fourth-order valence-corrected chi connectivity index (χ4v) is 9.37. The lowest BCUT2D eigenvalue weighted by molar-refractivity contribution is -0.167. The summed E-state index contributed by atoms with van der Waals surface area (Å²) in [5.74, 6) is 0.905. The van der Waals surface area contributed by atoms with Crippen LogP contribution in [0.1, 0.15) is 343 Å². The molecule has 0 amide bonds. The van der Waals surface area contributed by atoms with Crippen LogP contribution in [0, 0.1) is 11.8 Å². The molecule has 398 valence electrons. The van der Waals surface area contributed by atoms with E-state index in [1.807, 2.05) is 0 Å². The molecule has 0 radical (unpaired) electrons. The summed E-state index contributed by atoms with van der Waals surface area (Å²) in [5, 5.41) is 0. The molecule has 1 unspecified atom stereocenters. The monoisotopic (exact) mass is 947 g/mol. The summed E-state index contributed by atoms with van der Waals surface area (Å²) in [6.45, 7) is 11.5. The minimum Gasteiger partial charge on any atom is -0.462 e. The molecule has 0 aromatic carbocycles. The largest absolute Gasteiger partial charge is 0.462 e. The number of carbonyl (C=O) groups excluding carboxylic acids is 3. The molecule has 0 aliphatic carbocycles. The third kappa shape index (κ3) is 53.6. The van der Waals surface area contributed by atoms with E-state index in [1.54, 1.807) is 0 Å². The van der Waals surface area contributed by atoms with E-state index in [2.05, 4.69) is 34.6 Å². The standard InChI is InChI=1S/C61H118O6/c1-6-8-9-10-11-12-13-26-31-36-41-46-51-59(62)65-54-58(67-61(64)53-48-43-38-33-28-23-22-24-29-34-39-44-49-56(3)4)55-66-60(63)52-47-42-37-32-27-21-19-17-15-14-16-18-20-25-30-35-40-45-50-57(5)7-2/h56-58H,6-55H2,1-5H3/t57?,58-/m0/s1. The zero-order valence-corrected chi connectivity index (χ0v) is 46.0. The predicted octanol–water partition coefficient (Wildman–Crippen LogP) is 20.0. The van der Waals surface area contributed by atoms with Crippen molar-refractivity contribution in [3.05, 3.63) is 0 Å². The third-order valence-corrected chi connectivity index (χ3v) is 14.3. The second-order valence-corrected chi connectivity index (χ2v) is 21.7. The number of unbranched alkanes of at least 4 members (excludes halogenated alkanes) is 39. The Labute approximate surface area is 418 Å². The van der Waals surface area contributed by atoms with E-state index in [-0.39, 0.29) is 31.1 Å². The molecule has 67 heavy (non-hydrogen) atoms. The topological polar surface area (TPSA) is 78.9 Å². The molecule has 2 atom stereocenters. The van der Waals surface area contributed by atoms with Gasteiger partial charge in [0.1, 0.15) is 13.2 Å². The molecule has 0 N–H and O–H groups in total. The van der Waals surface area contributed by atoms with Crippen LogP contribution in [0.15, 0.2) is 0 Å². The molecular weight excluding hydrogens is 829 g/mol. The maximum atomic E-state index is 12.9. The van der Waals surface area contributed by atoms with Crippen LogP contribution < -0.4 is 0 Å². The Bertz CT molecular complexity index is 1030. The highest BCUT2D eigenvalue weighted by Crippen LogP contribution is 2.19. The van der Waals surface area contributed by atoms with Gasteiger partial charge in [-0.3, -0.25) is 14.4 Å². The van der Waals surface area contributed by atoms with Crippen molar-refractivity contribution in [2.24, 2.45) is 11.8 Å². The van der Waals surface area contributed by atoms with Crippen molar-refractivity contribution in [1.82, 2.24) is 0 Å². The van der Waals surface area contributed by atoms with E-state index in [0.717, 1.165) is 69.6 Å². The second-order valence-electron chi connectivity index (χ2n) is 21.7. The van der Waals surface area contributed by atoms with Gasteiger partial charge in [-0.05, 0) is 31.1 Å². The number of esters is 3. The molecule has 0 aromatic rings. The molecule has 0 aliphatic heterocycles. The lowest BCUT2D eigenvalue weighted by Gasteiger charge is -2.18. The quantitative estimate of drug-likeness (QED) is 0.0343. The van der Waals surface area contributed by atoms with Crippen molar-refractivity contribution >= 4 is 17.9 Å². The van der Waals surface area contributed by atoms with Crippen molar-refractivity contribution in [1.29, 1.82) is 0 Å². The van der Waals surface area contributed by atoms with Gasteiger partial charge < -0.3 is 14.2 Å². The van der Waals surface area contributed by atoms with E-state index < -0.39 is 6.10 Å². The smallest absolute Gasteiger partial charge is 0.306 e. The van der Waals surface area contributed by atoms with E-state index in [0.29, 0.717) is 19.3 Å². The van der Waals surface area contributed by atoms with Gasteiger partial charge in [0, 0.05) is 19.3 Å². The molecule has 0 rings (SSSR count). The van der Waals surface area contributed by atoms with Gasteiger partial charge in [0.2, 0.25) is 0 Å². The molecule has 0 heterocycles. The number of carbonyl (C=O) groups is 3. The van der Waals surface area contributed by atoms with Crippen LogP contribution in [0.4, 0.5) is 0 Å². The van der Waals surface area contributed by atoms with Crippen molar-refractivity contribution < 1.29 is 28.6 Å². The van der Waals surface area contributed by atoms with Gasteiger partial charge in [0.25, 0.3) is 0 Å². The van der Waals surface area contributed by atoms with Crippen molar-refractivity contribution in [2.75, 3.05) is 13.2 Å². The first-order chi connectivity index (χ1) is 32.8. The van der Waals surface area contributed by atoms with Gasteiger partial charge in [0.15, 0.2) is 6.10 Å². The van der Waals surface area contributed by atoms with E-state index in [9.17, 15) is 14.4 Å². The van der Waals surface area contributed by atoms with Gasteiger partial charge in [-0.1, -0.05) is 304 Å². The lowest BCUT2D eigenvalue weighted by atomic mass is 9.99. The number of ether oxygens (including phenoxy) is 3. The highest BCUT2D eigenvalue weighted by Gasteiger charge is 2.19. The zero-order chi connectivity index (χ0) is 48.9. The highest BCUT2D eigenvalue weighted by molar-refractivity contribution is 5.71. The van der Waals surface area contributed by atoms with Crippen molar-refractivity contribution in [2.45, 2.75) is 349 Å². The minimum absolute atomic E-state index is 0.0624. The molecule has 0 saturated carbocycles. The van der Waals surface area contributed by atoms with Crippen LogP contribution in [0.2, 0.25) is 0 Å². The maximum absolute atomic E-state index is 12.9. The average molecular weight is 948 g/mol. The summed E-state index contributed by atoms with van der Waals surface area (Å²) < 4.78 is 16.9. The molecule has 6 heteroatoms. The van der Waals surface area contributed by atoms with Crippen molar-refractivity contribution in [3.8, 4) is 0 Å². The summed E-state index contributed by atoms with van der Waals surface area (Å²) in [6.07, 6.45) is 58.1. The zero-order valence-electron chi connectivity index (χ0n) is 46.0. The van der Waals surface area contributed by atoms with Gasteiger partial charge in [0.05, 0.1) is 0 Å². The second kappa shape index (κ2) is 53.8. The van der Waals surface area contributed by atoms with E-state index >= 15 is 0 Å². The van der Waals surface area contributed by atoms with Crippen LogP contribution in [0.3, 0.4) is 0 Å². The molecule has 0 fully saturated rings. The Hall–Kier alpha value is -1.59. The molecule has 0 spiro atoms. The molecule has 6 nitrogen and oxygen atoms in total. The molecule has 0 aromatic heterocycles. The SMILES string of the molecule is CCCCCCCCCCCCCCC(=O)OC[C@@H](COC(=O)CCCCCCCCCCCCCCCCCCCCC(C)CC)OC(=O)CCCCCCCCCCCCCCC(C)C. The summed E-state index contributed by atoms with van der Waals surface area (Å²) >= 11 is 0. The number of rotatable bonds is 55. The Balaban J connectivity index is 4.22. The number of hydrogen-bond acceptors (Lipinski definition) is 6.